The number of halogens is 1. The van der Waals surface area contributed by atoms with Gasteiger partial charge in [0.05, 0.1) is 19.3 Å². The highest BCUT2D eigenvalue weighted by Crippen LogP contribution is 2.34. The number of methoxy groups -OCH3 is 1. The molecule has 5 heteroatoms. The van der Waals surface area contributed by atoms with Gasteiger partial charge in [-0.1, -0.05) is 41.0 Å². The van der Waals surface area contributed by atoms with Gasteiger partial charge in [0.2, 0.25) is 0 Å². The van der Waals surface area contributed by atoms with Crippen molar-refractivity contribution in [3.05, 3.63) is 59.1 Å². The van der Waals surface area contributed by atoms with Gasteiger partial charge in [-0.15, -0.1) is 0 Å². The summed E-state index contributed by atoms with van der Waals surface area (Å²) < 4.78 is 10.7. The third kappa shape index (κ3) is 2.71. The lowest BCUT2D eigenvalue weighted by molar-refractivity contribution is 0.281. The third-order valence-electron chi connectivity index (χ3n) is 3.38. The Hall–Kier alpha value is -2.30. The molecule has 0 aliphatic heterocycles. The van der Waals surface area contributed by atoms with Gasteiger partial charge < -0.3 is 14.4 Å². The van der Waals surface area contributed by atoms with Crippen LogP contribution in [0.5, 0.6) is 5.75 Å². The Morgan fingerprint density at radius 1 is 1.14 bits per heavy atom. The summed E-state index contributed by atoms with van der Waals surface area (Å²) in [5, 5.41) is 14.4. The maximum Gasteiger partial charge on any atom is 0.173 e. The smallest absolute Gasteiger partial charge is 0.173 e. The molecule has 0 saturated carbocycles. The van der Waals surface area contributed by atoms with E-state index in [-0.39, 0.29) is 6.61 Å². The highest BCUT2D eigenvalue weighted by Gasteiger charge is 2.18. The second kappa shape index (κ2) is 6.22. The molecule has 4 nitrogen and oxygen atoms in total. The molecule has 0 atom stereocenters. The van der Waals surface area contributed by atoms with Gasteiger partial charge in [0, 0.05) is 16.1 Å². The lowest BCUT2D eigenvalue weighted by Gasteiger charge is -2.04. The van der Waals surface area contributed by atoms with Crippen molar-refractivity contribution < 1.29 is 14.4 Å². The first-order valence-corrected chi connectivity index (χ1v) is 7.10. The monoisotopic (exact) mass is 315 g/mol. The first kappa shape index (κ1) is 14.6. The van der Waals surface area contributed by atoms with Gasteiger partial charge in [0.1, 0.15) is 11.4 Å². The summed E-state index contributed by atoms with van der Waals surface area (Å²) >= 11 is 6.01. The summed E-state index contributed by atoms with van der Waals surface area (Å²) in [6.45, 7) is -0.183. The Kier molecular flexibility index (Phi) is 4.13. The molecule has 0 spiro atoms. The van der Waals surface area contributed by atoms with E-state index in [1.165, 1.54) is 0 Å². The second-order valence-electron chi connectivity index (χ2n) is 4.74. The summed E-state index contributed by atoms with van der Waals surface area (Å²) in [6.07, 6.45) is 0. The zero-order valence-electron chi connectivity index (χ0n) is 11.9. The predicted octanol–water partition coefficient (Wildman–Crippen LogP) is 4.16. The molecule has 1 heterocycles. The van der Waals surface area contributed by atoms with E-state index in [2.05, 4.69) is 5.16 Å². The van der Waals surface area contributed by atoms with E-state index >= 15 is 0 Å². The zero-order chi connectivity index (χ0) is 15.5. The molecule has 0 fully saturated rings. The first-order valence-electron chi connectivity index (χ1n) is 6.72. The molecular weight excluding hydrogens is 302 g/mol. The molecule has 22 heavy (non-hydrogen) atoms. The van der Waals surface area contributed by atoms with E-state index < -0.39 is 0 Å². The van der Waals surface area contributed by atoms with Gasteiger partial charge in [-0.25, -0.2) is 0 Å². The van der Waals surface area contributed by atoms with Crippen molar-refractivity contribution in [3.8, 4) is 28.3 Å². The standard InChI is InChI=1S/C17H14ClNO3/c1-21-14-7-3-4-11(9-14)16-15(10-20)17(22-19-16)12-5-2-6-13(18)8-12/h2-9,20H,10H2,1H3. The molecule has 3 rings (SSSR count). The van der Waals surface area contributed by atoms with Crippen molar-refractivity contribution in [3.63, 3.8) is 0 Å². The van der Waals surface area contributed by atoms with Crippen LogP contribution in [-0.4, -0.2) is 17.4 Å². The molecule has 112 valence electrons. The second-order valence-corrected chi connectivity index (χ2v) is 5.18. The first-order chi connectivity index (χ1) is 10.7. The Balaban J connectivity index is 2.11. The van der Waals surface area contributed by atoms with Gasteiger partial charge in [-0.2, -0.15) is 0 Å². The molecule has 0 bridgehead atoms. The fourth-order valence-electron chi connectivity index (χ4n) is 2.31. The minimum atomic E-state index is -0.183. The quantitative estimate of drug-likeness (QED) is 0.785. The molecule has 0 radical (unpaired) electrons. The maximum atomic E-state index is 9.74. The van der Waals surface area contributed by atoms with E-state index in [1.807, 2.05) is 36.4 Å². The largest absolute Gasteiger partial charge is 0.497 e. The maximum absolute atomic E-state index is 9.74. The van der Waals surface area contributed by atoms with Crippen LogP contribution in [0, 0.1) is 0 Å². The van der Waals surface area contributed by atoms with Gasteiger partial charge in [0.25, 0.3) is 0 Å². The highest BCUT2D eigenvalue weighted by atomic mass is 35.5. The Morgan fingerprint density at radius 3 is 2.64 bits per heavy atom. The number of aliphatic hydroxyl groups excluding tert-OH is 1. The van der Waals surface area contributed by atoms with Crippen molar-refractivity contribution in [2.24, 2.45) is 0 Å². The van der Waals surface area contributed by atoms with Crippen molar-refractivity contribution >= 4 is 11.6 Å². The molecule has 1 aromatic heterocycles. The van der Waals surface area contributed by atoms with Crippen LogP contribution in [0.3, 0.4) is 0 Å². The number of rotatable bonds is 4. The number of hydrogen-bond acceptors (Lipinski definition) is 4. The van der Waals surface area contributed by atoms with Gasteiger partial charge in [0.15, 0.2) is 5.76 Å². The molecule has 1 N–H and O–H groups in total. The number of benzene rings is 2. The summed E-state index contributed by atoms with van der Waals surface area (Å²) in [5.74, 6) is 1.23. The normalized spacial score (nSPS) is 10.7. The van der Waals surface area contributed by atoms with Crippen LogP contribution in [0.2, 0.25) is 5.02 Å². The van der Waals surface area contributed by atoms with E-state index in [4.69, 9.17) is 20.9 Å². The number of hydrogen-bond donors (Lipinski definition) is 1. The van der Waals surface area contributed by atoms with Crippen LogP contribution >= 0.6 is 11.6 Å². The third-order valence-corrected chi connectivity index (χ3v) is 3.61. The van der Waals surface area contributed by atoms with E-state index in [0.29, 0.717) is 27.8 Å². The van der Waals surface area contributed by atoms with Crippen molar-refractivity contribution in [2.45, 2.75) is 6.61 Å². The number of ether oxygens (including phenoxy) is 1. The lowest BCUT2D eigenvalue weighted by atomic mass is 10.0. The average Bonchev–Trinajstić information content (AvgIpc) is 2.99. The van der Waals surface area contributed by atoms with Crippen LogP contribution in [-0.2, 0) is 6.61 Å². The van der Waals surface area contributed by atoms with Gasteiger partial charge >= 0.3 is 0 Å². The van der Waals surface area contributed by atoms with Crippen LogP contribution < -0.4 is 4.74 Å². The van der Waals surface area contributed by atoms with Crippen LogP contribution in [0.1, 0.15) is 5.56 Å². The van der Waals surface area contributed by atoms with Crippen LogP contribution in [0.15, 0.2) is 53.1 Å². The zero-order valence-corrected chi connectivity index (χ0v) is 12.7. The predicted molar refractivity (Wildman–Crippen MR) is 84.9 cm³/mol. The van der Waals surface area contributed by atoms with Crippen molar-refractivity contribution in [2.75, 3.05) is 7.11 Å². The highest BCUT2D eigenvalue weighted by molar-refractivity contribution is 6.30. The summed E-state index contributed by atoms with van der Waals surface area (Å²) in [5.41, 5.74) is 2.81. The van der Waals surface area contributed by atoms with Crippen LogP contribution in [0.25, 0.3) is 22.6 Å². The molecule has 0 aliphatic rings. The molecular formula is C17H14ClNO3. The minimum Gasteiger partial charge on any atom is -0.497 e. The average molecular weight is 316 g/mol. The minimum absolute atomic E-state index is 0.183. The molecule has 0 amide bonds. The molecule has 0 aliphatic carbocycles. The van der Waals surface area contributed by atoms with Gasteiger partial charge in [-0.05, 0) is 24.3 Å². The Labute approximate surface area is 132 Å². The molecule has 3 aromatic rings. The summed E-state index contributed by atoms with van der Waals surface area (Å²) in [7, 11) is 1.60. The topological polar surface area (TPSA) is 55.5 Å². The number of nitrogens with zero attached hydrogens (tertiary/aromatic N) is 1. The Morgan fingerprint density at radius 2 is 1.91 bits per heavy atom. The van der Waals surface area contributed by atoms with E-state index in [1.54, 1.807) is 19.2 Å². The lowest BCUT2D eigenvalue weighted by Crippen LogP contribution is -1.90. The molecule has 0 saturated heterocycles. The number of aliphatic hydroxyl groups is 1. The van der Waals surface area contributed by atoms with E-state index in [0.717, 1.165) is 11.1 Å². The summed E-state index contributed by atoms with van der Waals surface area (Å²) in [4.78, 5) is 0. The van der Waals surface area contributed by atoms with E-state index in [9.17, 15) is 5.11 Å². The summed E-state index contributed by atoms with van der Waals surface area (Å²) in [6, 6.07) is 14.7. The molecule has 0 unspecified atom stereocenters. The van der Waals surface area contributed by atoms with Crippen molar-refractivity contribution in [1.82, 2.24) is 5.16 Å². The van der Waals surface area contributed by atoms with Gasteiger partial charge in [-0.3, -0.25) is 0 Å². The number of aromatic nitrogens is 1. The fraction of sp³-hybridized carbons (Fsp3) is 0.118. The fourth-order valence-corrected chi connectivity index (χ4v) is 2.50. The van der Waals surface area contributed by atoms with Crippen LogP contribution in [0.4, 0.5) is 0 Å². The Bertz CT molecular complexity index is 798. The molecule has 2 aromatic carbocycles. The van der Waals surface area contributed by atoms with Crippen molar-refractivity contribution in [1.29, 1.82) is 0 Å². The SMILES string of the molecule is COc1cccc(-c2noc(-c3cccc(Cl)c3)c2CO)c1.